The zero-order valence-corrected chi connectivity index (χ0v) is 16.6. The van der Waals surface area contributed by atoms with Crippen molar-refractivity contribution in [2.75, 3.05) is 19.3 Å². The molecule has 2 aromatic rings. The van der Waals surface area contributed by atoms with Crippen LogP contribution in [0, 0.1) is 13.8 Å². The summed E-state index contributed by atoms with van der Waals surface area (Å²) >= 11 is 0.744. The summed E-state index contributed by atoms with van der Waals surface area (Å²) in [5.74, 6) is 0.243. The predicted molar refractivity (Wildman–Crippen MR) is 106 cm³/mol. The molecule has 0 bridgehead atoms. The molecule has 146 valence electrons. The SMILES string of the molecule is CCN(C)/C=N\c1cc(C)c(Oc2cccc(SCC(F)(F)F)c2)cc1C. The van der Waals surface area contributed by atoms with Gasteiger partial charge in [-0.25, -0.2) is 4.99 Å². The molecule has 0 radical (unpaired) electrons. The fourth-order valence-corrected chi connectivity index (χ4v) is 2.89. The number of thioether (sulfide) groups is 1. The van der Waals surface area contributed by atoms with Crippen molar-refractivity contribution in [3.05, 3.63) is 47.5 Å². The first-order valence-corrected chi connectivity index (χ1v) is 9.49. The van der Waals surface area contributed by atoms with Gasteiger partial charge in [0.25, 0.3) is 0 Å². The van der Waals surface area contributed by atoms with Crippen LogP contribution in [-0.2, 0) is 0 Å². The summed E-state index contributed by atoms with van der Waals surface area (Å²) in [6.07, 6.45) is -2.42. The van der Waals surface area contributed by atoms with Crippen molar-refractivity contribution in [3.63, 3.8) is 0 Å². The van der Waals surface area contributed by atoms with E-state index in [2.05, 4.69) is 4.99 Å². The third-order valence-corrected chi connectivity index (χ3v) is 4.88. The molecular weight excluding hydrogens is 373 g/mol. The molecule has 0 fully saturated rings. The Hall–Kier alpha value is -2.15. The molecule has 0 unspecified atom stereocenters. The number of halogens is 3. The van der Waals surface area contributed by atoms with Crippen LogP contribution in [0.15, 0.2) is 46.3 Å². The van der Waals surface area contributed by atoms with Crippen LogP contribution in [0.5, 0.6) is 11.5 Å². The predicted octanol–water partition coefficient (Wildman–Crippen LogP) is 6.36. The maximum absolute atomic E-state index is 12.4. The van der Waals surface area contributed by atoms with E-state index in [1.165, 1.54) is 0 Å². The molecule has 0 aliphatic heterocycles. The molecule has 27 heavy (non-hydrogen) atoms. The number of nitrogens with zero attached hydrogens (tertiary/aromatic N) is 2. The lowest BCUT2D eigenvalue weighted by Gasteiger charge is -2.13. The van der Waals surface area contributed by atoms with Crippen molar-refractivity contribution in [2.45, 2.75) is 31.8 Å². The summed E-state index contributed by atoms with van der Waals surface area (Å²) in [4.78, 5) is 6.97. The van der Waals surface area contributed by atoms with Gasteiger partial charge in [-0.1, -0.05) is 6.07 Å². The maximum atomic E-state index is 12.4. The minimum Gasteiger partial charge on any atom is -0.457 e. The number of rotatable bonds is 7. The molecule has 0 amide bonds. The Balaban J connectivity index is 2.15. The first kappa shape index (κ1) is 21.2. The van der Waals surface area contributed by atoms with Gasteiger partial charge >= 0.3 is 6.18 Å². The molecule has 0 spiro atoms. The molecule has 0 N–H and O–H groups in total. The highest BCUT2D eigenvalue weighted by molar-refractivity contribution is 7.99. The standard InChI is InChI=1S/C20H23F3N2OS/c1-5-25(4)13-24-18-9-15(3)19(10-14(18)2)26-16-7-6-8-17(11-16)27-12-20(21,22)23/h6-11,13H,5,12H2,1-4H3/b24-13-. The van der Waals surface area contributed by atoms with Gasteiger partial charge in [0.1, 0.15) is 11.5 Å². The fourth-order valence-electron chi connectivity index (χ4n) is 2.19. The van der Waals surface area contributed by atoms with Gasteiger partial charge in [0.05, 0.1) is 17.8 Å². The van der Waals surface area contributed by atoms with Crippen molar-refractivity contribution < 1.29 is 17.9 Å². The zero-order valence-electron chi connectivity index (χ0n) is 15.8. The second-order valence-electron chi connectivity index (χ2n) is 6.20. The minimum atomic E-state index is -4.20. The Bertz CT molecular complexity index is 806. The normalized spacial score (nSPS) is 11.8. The van der Waals surface area contributed by atoms with Crippen molar-refractivity contribution >= 4 is 23.8 Å². The van der Waals surface area contributed by atoms with Crippen LogP contribution in [0.25, 0.3) is 0 Å². The highest BCUT2D eigenvalue weighted by Gasteiger charge is 2.27. The van der Waals surface area contributed by atoms with E-state index in [0.717, 1.165) is 35.1 Å². The first-order valence-electron chi connectivity index (χ1n) is 8.51. The lowest BCUT2D eigenvalue weighted by molar-refractivity contribution is -0.105. The summed E-state index contributed by atoms with van der Waals surface area (Å²) in [5, 5.41) is 0. The van der Waals surface area contributed by atoms with Gasteiger partial charge in [-0.05, 0) is 62.2 Å². The molecule has 2 aromatic carbocycles. The number of aryl methyl sites for hydroxylation is 2. The number of hydrogen-bond acceptors (Lipinski definition) is 3. The number of ether oxygens (including phenoxy) is 1. The lowest BCUT2D eigenvalue weighted by Crippen LogP contribution is -2.14. The van der Waals surface area contributed by atoms with Crippen LogP contribution in [0.1, 0.15) is 18.1 Å². The summed E-state index contributed by atoms with van der Waals surface area (Å²) in [7, 11) is 1.95. The van der Waals surface area contributed by atoms with Crippen LogP contribution in [0.3, 0.4) is 0 Å². The van der Waals surface area contributed by atoms with E-state index in [4.69, 9.17) is 4.74 Å². The van der Waals surface area contributed by atoms with E-state index in [9.17, 15) is 13.2 Å². The molecule has 3 nitrogen and oxygen atoms in total. The summed E-state index contributed by atoms with van der Waals surface area (Å²) in [6, 6.07) is 10.5. The molecule has 0 saturated heterocycles. The first-order chi connectivity index (χ1) is 12.7. The van der Waals surface area contributed by atoms with E-state index in [1.54, 1.807) is 30.6 Å². The lowest BCUT2D eigenvalue weighted by atomic mass is 10.1. The minimum absolute atomic E-state index is 0.506. The molecule has 0 aromatic heterocycles. The molecular formula is C20H23F3N2OS. The van der Waals surface area contributed by atoms with Gasteiger partial charge in [-0.2, -0.15) is 13.2 Å². The Morgan fingerprint density at radius 3 is 2.56 bits per heavy atom. The Labute approximate surface area is 162 Å². The maximum Gasteiger partial charge on any atom is 0.398 e. The highest BCUT2D eigenvalue weighted by Crippen LogP contribution is 2.34. The van der Waals surface area contributed by atoms with E-state index in [-0.39, 0.29) is 0 Å². The fraction of sp³-hybridized carbons (Fsp3) is 0.350. The van der Waals surface area contributed by atoms with Crippen LogP contribution >= 0.6 is 11.8 Å². The van der Waals surface area contributed by atoms with Gasteiger partial charge in [-0.3, -0.25) is 0 Å². The van der Waals surface area contributed by atoms with Crippen molar-refractivity contribution in [1.82, 2.24) is 4.90 Å². The second kappa shape index (κ2) is 9.17. The molecule has 7 heteroatoms. The van der Waals surface area contributed by atoms with Crippen molar-refractivity contribution in [3.8, 4) is 11.5 Å². The summed E-state index contributed by atoms with van der Waals surface area (Å²) < 4.78 is 43.1. The quantitative estimate of drug-likeness (QED) is 0.309. The molecule has 0 aliphatic rings. The summed E-state index contributed by atoms with van der Waals surface area (Å²) in [5.41, 5.74) is 2.72. The van der Waals surface area contributed by atoms with E-state index < -0.39 is 11.9 Å². The summed E-state index contributed by atoms with van der Waals surface area (Å²) in [6.45, 7) is 6.77. The van der Waals surface area contributed by atoms with E-state index >= 15 is 0 Å². The molecule has 2 rings (SSSR count). The highest BCUT2D eigenvalue weighted by atomic mass is 32.2. The Kier molecular flexibility index (Phi) is 7.18. The van der Waals surface area contributed by atoms with Gasteiger partial charge < -0.3 is 9.64 Å². The Morgan fingerprint density at radius 1 is 1.15 bits per heavy atom. The molecule has 0 atom stereocenters. The number of benzene rings is 2. The third kappa shape index (κ3) is 6.82. The van der Waals surface area contributed by atoms with Gasteiger partial charge in [0.15, 0.2) is 0 Å². The largest absolute Gasteiger partial charge is 0.457 e. The van der Waals surface area contributed by atoms with Gasteiger partial charge in [-0.15, -0.1) is 11.8 Å². The monoisotopic (exact) mass is 396 g/mol. The number of hydrogen-bond donors (Lipinski definition) is 0. The van der Waals surface area contributed by atoms with Crippen LogP contribution in [0.2, 0.25) is 0 Å². The Morgan fingerprint density at radius 2 is 1.89 bits per heavy atom. The van der Waals surface area contributed by atoms with Gasteiger partial charge in [0.2, 0.25) is 0 Å². The van der Waals surface area contributed by atoms with E-state index in [0.29, 0.717) is 16.4 Å². The van der Waals surface area contributed by atoms with Crippen molar-refractivity contribution in [2.24, 2.45) is 4.99 Å². The number of alkyl halides is 3. The molecule has 0 aliphatic carbocycles. The second-order valence-corrected chi connectivity index (χ2v) is 7.25. The third-order valence-electron chi connectivity index (χ3n) is 3.82. The topological polar surface area (TPSA) is 24.8 Å². The average Bonchev–Trinajstić information content (AvgIpc) is 2.61. The van der Waals surface area contributed by atoms with E-state index in [1.807, 2.05) is 44.9 Å². The number of aliphatic imine (C=N–C) groups is 1. The van der Waals surface area contributed by atoms with Crippen molar-refractivity contribution in [1.29, 1.82) is 0 Å². The van der Waals surface area contributed by atoms with Crippen LogP contribution in [-0.4, -0.2) is 36.8 Å². The zero-order chi connectivity index (χ0) is 20.0. The van der Waals surface area contributed by atoms with Gasteiger partial charge in [0, 0.05) is 18.5 Å². The molecule has 0 heterocycles. The van der Waals surface area contributed by atoms with Crippen LogP contribution < -0.4 is 4.74 Å². The van der Waals surface area contributed by atoms with Crippen LogP contribution in [0.4, 0.5) is 18.9 Å². The average molecular weight is 396 g/mol. The molecule has 0 saturated carbocycles. The smallest absolute Gasteiger partial charge is 0.398 e.